The van der Waals surface area contributed by atoms with Crippen molar-refractivity contribution in [2.75, 3.05) is 0 Å². The molecule has 0 saturated carbocycles. The Morgan fingerprint density at radius 1 is 0.406 bits per heavy atom. The Kier molecular flexibility index (Phi) is 6.92. The normalized spacial score (nSPS) is 11.5. The van der Waals surface area contributed by atoms with Crippen molar-refractivity contribution in [2.24, 2.45) is 0 Å². The molecule has 0 aliphatic rings. The van der Waals surface area contributed by atoms with E-state index in [1.807, 2.05) is 0 Å². The molecule has 0 heterocycles. The Morgan fingerprint density at radius 2 is 0.656 bits per heavy atom. The molecule has 0 fully saturated rings. The lowest BCUT2D eigenvalue weighted by Gasteiger charge is -2.28. The van der Waals surface area contributed by atoms with Crippen LogP contribution in [-0.2, 0) is 19.3 Å². The summed E-state index contributed by atoms with van der Waals surface area (Å²) >= 11 is 0. The summed E-state index contributed by atoms with van der Waals surface area (Å²) < 4.78 is 0. The Morgan fingerprint density at radius 3 is 0.906 bits per heavy atom. The fraction of sp³-hybridized carbons (Fsp3) is 0.226. The predicted molar refractivity (Wildman–Crippen MR) is 144 cm³/mol. The van der Waals surface area contributed by atoms with Crippen molar-refractivity contribution in [3.63, 3.8) is 0 Å². The van der Waals surface area contributed by atoms with Crippen LogP contribution in [0.3, 0.4) is 0 Å². The number of rotatable bonds is 7. The molecule has 162 valence electrons. The highest BCUT2D eigenvalue weighted by Gasteiger charge is 2.47. The summed E-state index contributed by atoms with van der Waals surface area (Å²) in [4.78, 5) is 0. The fourth-order valence-corrected chi connectivity index (χ4v) is 8.70. The highest BCUT2D eigenvalue weighted by Crippen LogP contribution is 2.54. The molecule has 0 unspecified atom stereocenters. The monoisotopic (exact) mass is 437 g/mol. The lowest BCUT2D eigenvalue weighted by Crippen LogP contribution is -2.38. The molecule has 0 atom stereocenters. The summed E-state index contributed by atoms with van der Waals surface area (Å²) in [6.45, 7) is 8.85. The van der Waals surface area contributed by atoms with Crippen LogP contribution in [0.4, 0.5) is 0 Å². The zero-order valence-electron chi connectivity index (χ0n) is 19.8. The lowest BCUT2D eigenvalue weighted by molar-refractivity contribution is 1.14. The number of hydrogen-bond acceptors (Lipinski definition) is 0. The Labute approximate surface area is 194 Å². The van der Waals surface area contributed by atoms with E-state index in [9.17, 15) is 0 Å². The first-order chi connectivity index (χ1) is 15.6. The Hall–Kier alpha value is -2.69. The molecule has 0 radical (unpaired) electrons. The zero-order valence-corrected chi connectivity index (χ0v) is 20.7. The first kappa shape index (κ1) is 22.5. The highest BCUT2D eigenvalue weighted by atomic mass is 31.2. The van der Waals surface area contributed by atoms with Gasteiger partial charge < -0.3 is 0 Å². The largest absolute Gasteiger partial charge is 0.144 e. The minimum Gasteiger partial charge on any atom is -0.0613 e. The molecule has 0 saturated heterocycles. The van der Waals surface area contributed by atoms with Gasteiger partial charge in [0.05, 0.1) is 0 Å². The molecule has 0 aromatic heterocycles. The van der Waals surface area contributed by atoms with Crippen LogP contribution in [0.25, 0.3) is 0 Å². The molecule has 0 aliphatic carbocycles. The molecular formula is C31H34P+. The third-order valence-corrected chi connectivity index (χ3v) is 10.9. The number of hydrogen-bond donors (Lipinski definition) is 0. The van der Waals surface area contributed by atoms with Crippen LogP contribution in [0.5, 0.6) is 0 Å². The van der Waals surface area contributed by atoms with Crippen molar-refractivity contribution in [3.05, 3.63) is 119 Å². The first-order valence-electron chi connectivity index (χ1n) is 11.9. The van der Waals surface area contributed by atoms with Crippen molar-refractivity contribution >= 4 is 28.5 Å². The molecule has 4 aromatic carbocycles. The lowest BCUT2D eigenvalue weighted by atomic mass is 10.2. The van der Waals surface area contributed by atoms with Gasteiger partial charge in [-0.3, -0.25) is 0 Å². The quantitative estimate of drug-likeness (QED) is 0.298. The van der Waals surface area contributed by atoms with Crippen molar-refractivity contribution in [3.8, 4) is 0 Å². The minimum absolute atomic E-state index is 1.06. The van der Waals surface area contributed by atoms with Gasteiger partial charge in [0.2, 0.25) is 0 Å². The van der Waals surface area contributed by atoms with Gasteiger partial charge in [-0.1, -0.05) is 74.9 Å². The number of benzene rings is 4. The standard InChI is InChI=1S/C31H34P/c1-5-25-10-18-29(19-11-25)32(28-16-8-24(4)9-17-28,30-20-12-26(6-2)13-21-30)31-22-14-27(7-3)15-23-31/h8-23H,5-7H2,1-4H3/q+1. The number of aryl methyl sites for hydroxylation is 4. The molecule has 0 N–H and O–H groups in total. The summed E-state index contributed by atoms with van der Waals surface area (Å²) in [5, 5.41) is 5.69. The molecule has 1 heteroatoms. The maximum absolute atomic E-state index is 2.38. The molecule has 0 amide bonds. The van der Waals surface area contributed by atoms with Crippen LogP contribution < -0.4 is 21.2 Å². The van der Waals surface area contributed by atoms with E-state index in [1.54, 1.807) is 0 Å². The maximum atomic E-state index is 2.38. The summed E-state index contributed by atoms with van der Waals surface area (Å²) in [5.41, 5.74) is 5.46. The summed E-state index contributed by atoms with van der Waals surface area (Å²) in [6, 6.07) is 37.5. The van der Waals surface area contributed by atoms with Gasteiger partial charge in [-0.2, -0.15) is 0 Å². The summed E-state index contributed by atoms with van der Waals surface area (Å²) in [6.07, 6.45) is 3.19. The van der Waals surface area contributed by atoms with E-state index >= 15 is 0 Å². The Bertz CT molecular complexity index is 1020. The van der Waals surface area contributed by atoms with Gasteiger partial charge in [0.15, 0.2) is 0 Å². The third kappa shape index (κ3) is 4.17. The smallest absolute Gasteiger partial charge is 0.0613 e. The van der Waals surface area contributed by atoms with Gasteiger partial charge in [-0.15, -0.1) is 0 Å². The summed E-state index contributed by atoms with van der Waals surface area (Å²) in [5.74, 6) is 0. The van der Waals surface area contributed by atoms with E-state index in [0.29, 0.717) is 0 Å². The van der Waals surface area contributed by atoms with Crippen LogP contribution in [0.15, 0.2) is 97.1 Å². The minimum atomic E-state index is -2.02. The molecule has 0 bridgehead atoms. The van der Waals surface area contributed by atoms with E-state index in [4.69, 9.17) is 0 Å². The van der Waals surface area contributed by atoms with Crippen molar-refractivity contribution in [2.45, 2.75) is 47.0 Å². The SMILES string of the molecule is CCc1ccc([P+](c2ccc(C)cc2)(c2ccc(CC)cc2)c2ccc(CC)cc2)cc1. The fourth-order valence-electron chi connectivity index (χ4n) is 4.53. The third-order valence-electron chi connectivity index (χ3n) is 6.62. The average Bonchev–Trinajstić information content (AvgIpc) is 2.86. The van der Waals surface area contributed by atoms with E-state index < -0.39 is 7.26 Å². The van der Waals surface area contributed by atoms with Gasteiger partial charge in [0.1, 0.15) is 28.5 Å². The van der Waals surface area contributed by atoms with Gasteiger partial charge in [0.25, 0.3) is 0 Å². The van der Waals surface area contributed by atoms with Crippen LogP contribution in [0, 0.1) is 6.92 Å². The second-order valence-corrected chi connectivity index (χ2v) is 12.0. The molecule has 0 spiro atoms. The van der Waals surface area contributed by atoms with Crippen LogP contribution in [0.2, 0.25) is 0 Å². The van der Waals surface area contributed by atoms with E-state index in [0.717, 1.165) is 19.3 Å². The topological polar surface area (TPSA) is 0 Å². The average molecular weight is 438 g/mol. The molecule has 0 nitrogen and oxygen atoms in total. The molecular weight excluding hydrogens is 403 g/mol. The van der Waals surface area contributed by atoms with Crippen molar-refractivity contribution < 1.29 is 0 Å². The molecule has 0 aliphatic heterocycles. The maximum Gasteiger partial charge on any atom is 0.144 e. The second kappa shape index (κ2) is 9.85. The van der Waals surface area contributed by atoms with Crippen LogP contribution in [-0.4, -0.2) is 0 Å². The Balaban J connectivity index is 2.06. The first-order valence-corrected chi connectivity index (χ1v) is 13.7. The van der Waals surface area contributed by atoms with Gasteiger partial charge in [-0.25, -0.2) is 0 Å². The molecule has 4 aromatic rings. The van der Waals surface area contributed by atoms with E-state index in [2.05, 4.69) is 125 Å². The highest BCUT2D eigenvalue weighted by molar-refractivity contribution is 8.01. The van der Waals surface area contributed by atoms with Crippen molar-refractivity contribution in [1.82, 2.24) is 0 Å². The zero-order chi connectivity index (χ0) is 22.6. The van der Waals surface area contributed by atoms with Gasteiger partial charge >= 0.3 is 0 Å². The second-order valence-electron chi connectivity index (χ2n) is 8.57. The van der Waals surface area contributed by atoms with E-state index in [1.165, 1.54) is 43.5 Å². The summed E-state index contributed by atoms with van der Waals surface area (Å²) in [7, 11) is -2.02. The molecule has 4 rings (SSSR count). The van der Waals surface area contributed by atoms with Gasteiger partial charge in [0, 0.05) is 0 Å². The van der Waals surface area contributed by atoms with Crippen LogP contribution in [0.1, 0.15) is 43.0 Å². The van der Waals surface area contributed by atoms with Crippen molar-refractivity contribution in [1.29, 1.82) is 0 Å². The molecule has 32 heavy (non-hydrogen) atoms. The van der Waals surface area contributed by atoms with E-state index in [-0.39, 0.29) is 0 Å². The van der Waals surface area contributed by atoms with Crippen LogP contribution >= 0.6 is 7.26 Å². The van der Waals surface area contributed by atoms with Gasteiger partial charge in [-0.05, 0) is 91.4 Å². The predicted octanol–water partition coefficient (Wildman–Crippen LogP) is 6.30.